The van der Waals surface area contributed by atoms with E-state index in [0.717, 1.165) is 30.3 Å². The van der Waals surface area contributed by atoms with Crippen LogP contribution in [0.2, 0.25) is 5.02 Å². The van der Waals surface area contributed by atoms with E-state index < -0.39 is 0 Å². The van der Waals surface area contributed by atoms with Gasteiger partial charge in [-0.2, -0.15) is 0 Å². The van der Waals surface area contributed by atoms with Crippen LogP contribution in [0.25, 0.3) is 20.8 Å². The minimum Gasteiger partial charge on any atom is -0.236 e. The van der Waals surface area contributed by atoms with Crippen molar-refractivity contribution in [3.05, 3.63) is 52.0 Å². The van der Waals surface area contributed by atoms with Crippen molar-refractivity contribution in [3.8, 4) is 10.6 Å². The van der Waals surface area contributed by atoms with Gasteiger partial charge in [0.2, 0.25) is 0 Å². The van der Waals surface area contributed by atoms with Crippen LogP contribution in [0, 0.1) is 0 Å². The van der Waals surface area contributed by atoms with Crippen LogP contribution in [0.3, 0.4) is 0 Å². The third-order valence-electron chi connectivity index (χ3n) is 2.44. The van der Waals surface area contributed by atoms with Gasteiger partial charge in [0, 0.05) is 15.1 Å². The van der Waals surface area contributed by atoms with Crippen molar-refractivity contribution in [2.24, 2.45) is 0 Å². The Morgan fingerprint density at radius 3 is 2.59 bits per heavy atom. The molecule has 1 aromatic heterocycles. The summed E-state index contributed by atoms with van der Waals surface area (Å²) in [5, 5.41) is 1.75. The molecular formula is C13H7BrClNS. The maximum atomic E-state index is 5.95. The van der Waals surface area contributed by atoms with Gasteiger partial charge < -0.3 is 0 Å². The second-order valence-electron chi connectivity index (χ2n) is 3.64. The Kier molecular flexibility index (Phi) is 2.90. The predicted molar refractivity (Wildman–Crippen MR) is 77.8 cm³/mol. The summed E-state index contributed by atoms with van der Waals surface area (Å²) in [5.41, 5.74) is 2.09. The van der Waals surface area contributed by atoms with Crippen molar-refractivity contribution in [1.82, 2.24) is 4.98 Å². The summed E-state index contributed by atoms with van der Waals surface area (Å²) in [6.07, 6.45) is 0. The molecule has 0 spiro atoms. The van der Waals surface area contributed by atoms with Crippen LogP contribution in [0.5, 0.6) is 0 Å². The number of hydrogen-bond acceptors (Lipinski definition) is 2. The van der Waals surface area contributed by atoms with Gasteiger partial charge >= 0.3 is 0 Å². The molecule has 0 aliphatic rings. The maximum Gasteiger partial charge on any atom is 0.124 e. The molecule has 1 nitrogen and oxygen atoms in total. The fourth-order valence-electron chi connectivity index (χ4n) is 1.62. The average Bonchev–Trinajstić information content (AvgIpc) is 2.72. The van der Waals surface area contributed by atoms with E-state index in [2.05, 4.69) is 33.0 Å². The molecule has 3 rings (SSSR count). The number of benzene rings is 2. The van der Waals surface area contributed by atoms with Crippen molar-refractivity contribution in [2.45, 2.75) is 0 Å². The molecule has 0 aliphatic carbocycles. The first-order chi connectivity index (χ1) is 8.22. The molecule has 4 heteroatoms. The quantitative estimate of drug-likeness (QED) is 0.585. The number of nitrogens with zero attached hydrogens (tertiary/aromatic N) is 1. The number of thiazole rings is 1. The van der Waals surface area contributed by atoms with Crippen molar-refractivity contribution < 1.29 is 0 Å². The molecule has 0 saturated heterocycles. The van der Waals surface area contributed by atoms with Gasteiger partial charge in [-0.05, 0) is 30.3 Å². The Bertz CT molecular complexity index is 675. The molecule has 2 aromatic carbocycles. The normalized spacial score (nSPS) is 10.9. The van der Waals surface area contributed by atoms with Crippen molar-refractivity contribution in [2.75, 3.05) is 0 Å². The first kappa shape index (κ1) is 11.2. The second kappa shape index (κ2) is 4.41. The van der Waals surface area contributed by atoms with Crippen LogP contribution >= 0.6 is 38.9 Å². The van der Waals surface area contributed by atoms with Gasteiger partial charge in [0.15, 0.2) is 0 Å². The highest BCUT2D eigenvalue weighted by Gasteiger charge is 2.06. The molecular weight excluding hydrogens is 318 g/mol. The van der Waals surface area contributed by atoms with Crippen LogP contribution in [0.4, 0.5) is 0 Å². The Morgan fingerprint density at radius 2 is 1.82 bits per heavy atom. The standard InChI is InChI=1S/C13H7BrClNS/c14-9-3-1-8(2-4-9)13-16-11-7-10(15)5-6-12(11)17-13/h1-7H. The number of rotatable bonds is 1. The lowest BCUT2D eigenvalue weighted by molar-refractivity contribution is 1.47. The minimum absolute atomic E-state index is 0.727. The van der Waals surface area contributed by atoms with Gasteiger partial charge in [0.25, 0.3) is 0 Å². The zero-order valence-electron chi connectivity index (χ0n) is 8.65. The number of halogens is 2. The zero-order valence-corrected chi connectivity index (χ0v) is 11.8. The van der Waals surface area contributed by atoms with Gasteiger partial charge in [0.05, 0.1) is 10.2 Å². The highest BCUT2D eigenvalue weighted by Crippen LogP contribution is 2.31. The van der Waals surface area contributed by atoms with Crippen LogP contribution in [-0.4, -0.2) is 4.98 Å². The van der Waals surface area contributed by atoms with Crippen LogP contribution in [0.15, 0.2) is 46.9 Å². The third-order valence-corrected chi connectivity index (χ3v) is 4.29. The van der Waals surface area contributed by atoms with Gasteiger partial charge in [0.1, 0.15) is 5.01 Å². The van der Waals surface area contributed by atoms with E-state index in [0.29, 0.717) is 0 Å². The Balaban J connectivity index is 2.14. The van der Waals surface area contributed by atoms with Crippen LogP contribution in [0.1, 0.15) is 0 Å². The molecule has 0 N–H and O–H groups in total. The lowest BCUT2D eigenvalue weighted by Crippen LogP contribution is -1.74. The zero-order chi connectivity index (χ0) is 11.8. The molecule has 0 radical (unpaired) electrons. The molecule has 0 atom stereocenters. The van der Waals surface area contributed by atoms with Gasteiger partial charge in [-0.25, -0.2) is 4.98 Å². The number of hydrogen-bond donors (Lipinski definition) is 0. The molecule has 0 unspecified atom stereocenters. The molecule has 0 aliphatic heterocycles. The van der Waals surface area contributed by atoms with E-state index in [9.17, 15) is 0 Å². The summed E-state index contributed by atoms with van der Waals surface area (Å²) in [6, 6.07) is 14.0. The average molecular weight is 325 g/mol. The van der Waals surface area contributed by atoms with E-state index >= 15 is 0 Å². The van der Waals surface area contributed by atoms with Crippen molar-refractivity contribution in [3.63, 3.8) is 0 Å². The molecule has 3 aromatic rings. The Hall–Kier alpha value is -0.900. The van der Waals surface area contributed by atoms with Crippen molar-refractivity contribution in [1.29, 1.82) is 0 Å². The number of fused-ring (bicyclic) bond motifs is 1. The van der Waals surface area contributed by atoms with Crippen LogP contribution < -0.4 is 0 Å². The Labute approximate surface area is 116 Å². The summed E-state index contributed by atoms with van der Waals surface area (Å²) in [5.74, 6) is 0. The first-order valence-corrected chi connectivity index (χ1v) is 7.03. The molecule has 17 heavy (non-hydrogen) atoms. The topological polar surface area (TPSA) is 12.9 Å². The van der Waals surface area contributed by atoms with Crippen molar-refractivity contribution >= 4 is 49.1 Å². The number of aromatic nitrogens is 1. The van der Waals surface area contributed by atoms with Gasteiger partial charge in [-0.15, -0.1) is 11.3 Å². The van der Waals surface area contributed by atoms with Gasteiger partial charge in [-0.1, -0.05) is 39.7 Å². The first-order valence-electron chi connectivity index (χ1n) is 5.04. The fourth-order valence-corrected chi connectivity index (χ4v) is 3.00. The second-order valence-corrected chi connectivity index (χ2v) is 6.02. The maximum absolute atomic E-state index is 5.95. The molecule has 0 fully saturated rings. The molecule has 1 heterocycles. The lowest BCUT2D eigenvalue weighted by Gasteiger charge is -1.94. The van der Waals surface area contributed by atoms with E-state index in [1.54, 1.807) is 11.3 Å². The fraction of sp³-hybridized carbons (Fsp3) is 0. The summed E-state index contributed by atoms with van der Waals surface area (Å²) in [4.78, 5) is 4.59. The molecule has 0 amide bonds. The summed E-state index contributed by atoms with van der Waals surface area (Å²) >= 11 is 11.1. The SMILES string of the molecule is Clc1ccc2sc(-c3ccc(Br)cc3)nc2c1. The molecule has 0 bridgehead atoms. The largest absolute Gasteiger partial charge is 0.236 e. The van der Waals surface area contributed by atoms with E-state index in [1.165, 1.54) is 0 Å². The third kappa shape index (κ3) is 2.23. The Morgan fingerprint density at radius 1 is 1.06 bits per heavy atom. The van der Waals surface area contributed by atoms with E-state index in [1.807, 2.05) is 30.3 Å². The summed E-state index contributed by atoms with van der Waals surface area (Å²) < 4.78 is 2.23. The summed E-state index contributed by atoms with van der Waals surface area (Å²) in [6.45, 7) is 0. The monoisotopic (exact) mass is 323 g/mol. The smallest absolute Gasteiger partial charge is 0.124 e. The minimum atomic E-state index is 0.727. The van der Waals surface area contributed by atoms with E-state index in [-0.39, 0.29) is 0 Å². The summed E-state index contributed by atoms with van der Waals surface area (Å²) in [7, 11) is 0. The van der Waals surface area contributed by atoms with Crippen LogP contribution in [-0.2, 0) is 0 Å². The van der Waals surface area contributed by atoms with Gasteiger partial charge in [-0.3, -0.25) is 0 Å². The predicted octanol–water partition coefficient (Wildman–Crippen LogP) is 5.38. The highest BCUT2D eigenvalue weighted by atomic mass is 79.9. The molecule has 0 saturated carbocycles. The molecule has 84 valence electrons. The lowest BCUT2D eigenvalue weighted by atomic mass is 10.2. The van der Waals surface area contributed by atoms with E-state index in [4.69, 9.17) is 11.6 Å². The highest BCUT2D eigenvalue weighted by molar-refractivity contribution is 9.10.